The molecule has 0 saturated heterocycles. The number of hydrogen-bond donors (Lipinski definition) is 0. The minimum Gasteiger partial charge on any atom is -0.294 e. The van der Waals surface area contributed by atoms with Crippen LogP contribution in [-0.4, -0.2) is 51.2 Å². The molecule has 9 nitrogen and oxygen atoms in total. The summed E-state index contributed by atoms with van der Waals surface area (Å²) in [4.78, 5) is 39.7. The van der Waals surface area contributed by atoms with Crippen molar-refractivity contribution in [1.82, 2.24) is 39.5 Å². The summed E-state index contributed by atoms with van der Waals surface area (Å²) in [6.45, 7) is 14.0. The number of rotatable bonds is 9. The van der Waals surface area contributed by atoms with Gasteiger partial charge < -0.3 is 0 Å². The van der Waals surface area contributed by atoms with Crippen LogP contribution in [-0.2, 0) is 16.2 Å². The number of aliphatic imine (C=N–C) groups is 1. The number of fused-ring (bicyclic) bond motifs is 16. The molecule has 9 heterocycles. The van der Waals surface area contributed by atoms with Crippen molar-refractivity contribution in [2.75, 3.05) is 0 Å². The van der Waals surface area contributed by atoms with Gasteiger partial charge in [-0.3, -0.25) is 19.5 Å². The zero-order chi connectivity index (χ0) is 81.2. The first-order chi connectivity index (χ1) is 59.3. The maximum atomic E-state index is 5.22. The number of nitrogens with zero attached hydrogens (tertiary/aromatic N) is 9. The largest absolute Gasteiger partial charge is 0.294 e. The van der Waals surface area contributed by atoms with Gasteiger partial charge in [0.15, 0.2) is 0 Å². The lowest BCUT2D eigenvalue weighted by Crippen LogP contribution is -2.21. The highest BCUT2D eigenvalue weighted by Gasteiger charge is 2.44. The summed E-state index contributed by atoms with van der Waals surface area (Å²) in [7, 11) is 0. The molecule has 3 unspecified atom stereocenters. The Morgan fingerprint density at radius 2 is 0.702 bits per heavy atom. The molecule has 0 N–H and O–H groups in total. The van der Waals surface area contributed by atoms with Crippen LogP contribution in [0.4, 0.5) is 0 Å². The molecule has 0 radical (unpaired) electrons. The molecule has 5 aliphatic rings. The molecule has 4 aliphatic carbocycles. The maximum Gasteiger partial charge on any atom is 0.145 e. The van der Waals surface area contributed by atoms with Gasteiger partial charge in [-0.25, -0.2) is 24.9 Å². The first-order valence-corrected chi connectivity index (χ1v) is 41.9. The molecule has 3 atom stereocenters. The Labute approximate surface area is 703 Å². The number of hydrogen-bond acceptors (Lipinski definition) is 8. The van der Waals surface area contributed by atoms with Crippen molar-refractivity contribution in [2.45, 2.75) is 69.7 Å². The highest BCUT2D eigenvalue weighted by Crippen LogP contribution is 2.57. The van der Waals surface area contributed by atoms with E-state index in [1.165, 1.54) is 133 Å². The molecule has 0 spiro atoms. The van der Waals surface area contributed by atoms with Gasteiger partial charge in [0.25, 0.3) is 0 Å². The van der Waals surface area contributed by atoms with Crippen molar-refractivity contribution >= 4 is 60.4 Å². The molecule has 19 aromatic rings. The molecule has 0 fully saturated rings. The van der Waals surface area contributed by atoms with Crippen LogP contribution in [0.3, 0.4) is 0 Å². The summed E-state index contributed by atoms with van der Waals surface area (Å²) in [5, 5.41) is 5.97. The van der Waals surface area contributed by atoms with Crippen LogP contribution in [0.15, 0.2) is 382 Å². The van der Waals surface area contributed by atoms with Crippen LogP contribution in [0.25, 0.3) is 161 Å². The van der Waals surface area contributed by atoms with Gasteiger partial charge in [-0.05, 0) is 174 Å². The molecular weight excluding hydrogens is 1470 g/mol. The van der Waals surface area contributed by atoms with Gasteiger partial charge in [-0.1, -0.05) is 315 Å². The van der Waals surface area contributed by atoms with Gasteiger partial charge in [0, 0.05) is 96.0 Å². The number of para-hydroxylation sites is 4. The molecule has 1 aliphatic heterocycles. The Kier molecular flexibility index (Phi) is 17.3. The van der Waals surface area contributed by atoms with Crippen LogP contribution in [0.2, 0.25) is 0 Å². The van der Waals surface area contributed by atoms with Gasteiger partial charge in [-0.2, -0.15) is 0 Å². The zero-order valence-corrected chi connectivity index (χ0v) is 68.1. The molecule has 0 saturated carbocycles. The third-order valence-electron chi connectivity index (χ3n) is 25.9. The van der Waals surface area contributed by atoms with Gasteiger partial charge in [0.05, 0.1) is 73.7 Å². The van der Waals surface area contributed by atoms with Crippen LogP contribution in [0, 0.1) is 5.92 Å². The average molecular weight is 1550 g/mol. The SMILES string of the molecule is CC1(C)c2ccccc2-c2nc3ccccc3c(-c3ccc(-c4cc(-c5ccccn5)nc(-c5ccccn5)c4)cc3)c21.CC1(C)c2ccccc2-c2nc3ccccc3c(-c3ccc(-n4c5ccccc5c5cccnc54)cc3)c21.CC1(C)c2ccccc2-c2nc3ccccc3c(-c3ccc(C4C(c5ccccc5)=NC5C=CC=CC54)cc3)c21. The quantitative estimate of drug-likeness (QED) is 0.142. The predicted octanol–water partition coefficient (Wildman–Crippen LogP) is 27.0. The molecule has 9 heteroatoms. The second kappa shape index (κ2) is 28.8. The van der Waals surface area contributed by atoms with Crippen molar-refractivity contribution in [3.63, 3.8) is 0 Å². The van der Waals surface area contributed by atoms with E-state index in [-0.39, 0.29) is 28.2 Å². The maximum absolute atomic E-state index is 5.22. The van der Waals surface area contributed by atoms with E-state index in [0.717, 1.165) is 78.9 Å². The van der Waals surface area contributed by atoms with E-state index in [4.69, 9.17) is 29.9 Å². The standard InChI is InChI=1S/C39H28N4.C38H30N2.C35H25N3/c1-39(2)30-13-5-3-11-28(30)38-37(39)36(29-12-4-6-14-31(29)43-38)26-19-17-25(18-20-26)27-23-34(32-15-7-9-21-40-32)42-35(24-27)33-16-8-10-22-41-33;1-38(2)30-17-9-6-14-27(30)37-35(38)33(28-15-7-10-18-31(28)40-37)24-20-22-25(23-21-24)34-29-16-8-11-19-32(29)39-36(34)26-12-4-3-5-13-26;1-35(2)28-14-6-3-11-26(28)33-32(35)31(27-12-4-7-15-29(27)37-33)22-17-19-23(20-18-22)38-30-16-8-5-10-24(30)25-13-9-21-36-34(25)38/h3-24H,1-2H3;3-23,29,32,34H,1-2H3;3-21H,1-2H3. The normalized spacial score (nSPS) is 16.1. The summed E-state index contributed by atoms with van der Waals surface area (Å²) in [6, 6.07) is 119. The summed E-state index contributed by atoms with van der Waals surface area (Å²) in [5.74, 6) is 0.564. The van der Waals surface area contributed by atoms with E-state index in [0.29, 0.717) is 5.92 Å². The monoisotopic (exact) mass is 1550 g/mol. The van der Waals surface area contributed by atoms with Crippen LogP contribution in [0.1, 0.15) is 92.0 Å². The summed E-state index contributed by atoms with van der Waals surface area (Å²) in [5.41, 5.74) is 37.5. The molecule has 8 aromatic heterocycles. The predicted molar refractivity (Wildman–Crippen MR) is 497 cm³/mol. The van der Waals surface area contributed by atoms with Gasteiger partial charge >= 0.3 is 0 Å². The number of benzene rings is 11. The fourth-order valence-electron chi connectivity index (χ4n) is 20.3. The van der Waals surface area contributed by atoms with Crippen molar-refractivity contribution in [3.8, 4) is 107 Å². The van der Waals surface area contributed by atoms with E-state index >= 15 is 0 Å². The molecular formula is C112H83N9. The molecule has 0 amide bonds. The molecule has 576 valence electrons. The van der Waals surface area contributed by atoms with Crippen molar-refractivity contribution in [1.29, 1.82) is 0 Å². The molecule has 11 aromatic carbocycles. The Bertz CT molecular complexity index is 7350. The Morgan fingerprint density at radius 3 is 1.20 bits per heavy atom. The van der Waals surface area contributed by atoms with Crippen LogP contribution < -0.4 is 0 Å². The summed E-state index contributed by atoms with van der Waals surface area (Å²) >= 11 is 0. The van der Waals surface area contributed by atoms with E-state index in [1.54, 1.807) is 12.4 Å². The van der Waals surface area contributed by atoms with E-state index < -0.39 is 0 Å². The van der Waals surface area contributed by atoms with E-state index in [1.807, 2.05) is 48.7 Å². The smallest absolute Gasteiger partial charge is 0.145 e. The minimum atomic E-state index is -0.169. The fraction of sp³-hybridized carbons (Fsp3) is 0.107. The first-order valence-electron chi connectivity index (χ1n) is 41.9. The lowest BCUT2D eigenvalue weighted by Gasteiger charge is -2.26. The summed E-state index contributed by atoms with van der Waals surface area (Å²) in [6.07, 6.45) is 14.4. The molecule has 121 heavy (non-hydrogen) atoms. The Hall–Kier alpha value is -14.8. The van der Waals surface area contributed by atoms with E-state index in [9.17, 15) is 0 Å². The second-order valence-electron chi connectivity index (χ2n) is 33.9. The van der Waals surface area contributed by atoms with Crippen molar-refractivity contribution in [2.24, 2.45) is 10.9 Å². The number of aromatic nitrogens is 8. The average Bonchev–Trinajstić information content (AvgIpc) is 1.56. The number of pyridine rings is 7. The highest BCUT2D eigenvalue weighted by molar-refractivity contribution is 6.10. The summed E-state index contributed by atoms with van der Waals surface area (Å²) < 4.78 is 2.27. The zero-order valence-electron chi connectivity index (χ0n) is 68.1. The van der Waals surface area contributed by atoms with Gasteiger partial charge in [0.2, 0.25) is 0 Å². The van der Waals surface area contributed by atoms with Crippen molar-refractivity contribution < 1.29 is 0 Å². The minimum absolute atomic E-state index is 0.137. The highest BCUT2D eigenvalue weighted by atomic mass is 15.0. The Balaban J connectivity index is 0.000000109. The Morgan fingerprint density at radius 1 is 0.298 bits per heavy atom. The van der Waals surface area contributed by atoms with Gasteiger partial charge in [-0.15, -0.1) is 0 Å². The van der Waals surface area contributed by atoms with Crippen LogP contribution in [0.5, 0.6) is 0 Å². The first kappa shape index (κ1) is 72.6. The topological polar surface area (TPSA) is 108 Å². The van der Waals surface area contributed by atoms with Crippen LogP contribution >= 0.6 is 0 Å². The lowest BCUT2D eigenvalue weighted by molar-refractivity contribution is 0.583. The van der Waals surface area contributed by atoms with Crippen molar-refractivity contribution in [3.05, 3.63) is 421 Å². The third-order valence-corrected chi connectivity index (χ3v) is 25.9. The third kappa shape index (κ3) is 11.9. The number of allylic oxidation sites excluding steroid dienone is 2. The fourth-order valence-corrected chi connectivity index (χ4v) is 20.3. The van der Waals surface area contributed by atoms with E-state index in [2.05, 4.69) is 372 Å². The van der Waals surface area contributed by atoms with Gasteiger partial charge in [0.1, 0.15) is 5.65 Å². The molecule has 24 rings (SSSR count). The molecule has 0 bridgehead atoms. The second-order valence-corrected chi connectivity index (χ2v) is 33.9. The lowest BCUT2D eigenvalue weighted by atomic mass is 9.77.